The second-order valence-electron chi connectivity index (χ2n) is 5.99. The Hall–Kier alpha value is -1.80. The van der Waals surface area contributed by atoms with Crippen molar-refractivity contribution in [3.63, 3.8) is 0 Å². The Kier molecular flexibility index (Phi) is 4.09. The van der Waals surface area contributed by atoms with E-state index in [0.29, 0.717) is 6.54 Å². The summed E-state index contributed by atoms with van der Waals surface area (Å²) in [6.07, 6.45) is 8.08. The molecule has 1 unspecified atom stereocenters. The second kappa shape index (κ2) is 6.37. The number of carbonyl (C=O) groups excluding carboxylic acids is 1. The van der Waals surface area contributed by atoms with Crippen molar-refractivity contribution >= 4 is 17.2 Å². The van der Waals surface area contributed by atoms with Gasteiger partial charge in [0, 0.05) is 18.0 Å². The van der Waals surface area contributed by atoms with Gasteiger partial charge >= 0.3 is 0 Å². The molecule has 0 spiro atoms. The van der Waals surface area contributed by atoms with Crippen LogP contribution < -0.4 is 5.32 Å². The van der Waals surface area contributed by atoms with Crippen LogP contribution in [0.25, 0.3) is 5.00 Å². The fraction of sp³-hybridized carbons (Fsp3) is 0.600. The van der Waals surface area contributed by atoms with Crippen molar-refractivity contribution in [3.8, 4) is 5.00 Å². The number of nitrogens with zero attached hydrogens (tertiary/aromatic N) is 4. The minimum absolute atomic E-state index is 0.0367. The number of thiophene rings is 1. The minimum Gasteiger partial charge on any atom is -0.376 e. The average Bonchev–Trinajstić information content (AvgIpc) is 3.31. The Morgan fingerprint density at radius 2 is 2.30 bits per heavy atom. The van der Waals surface area contributed by atoms with E-state index in [9.17, 15) is 4.79 Å². The first kappa shape index (κ1) is 14.8. The number of hydrogen-bond acceptors (Lipinski definition) is 6. The summed E-state index contributed by atoms with van der Waals surface area (Å²) in [5.41, 5.74) is 1.92. The number of aryl methyl sites for hydroxylation is 1. The predicted octanol–water partition coefficient (Wildman–Crippen LogP) is 1.51. The first-order valence-electron chi connectivity index (χ1n) is 8.10. The second-order valence-corrected chi connectivity index (χ2v) is 7.07. The van der Waals surface area contributed by atoms with Crippen LogP contribution in [0, 0.1) is 0 Å². The first-order valence-corrected chi connectivity index (χ1v) is 8.92. The standard InChI is InChI=1S/C15H19N5O2S/c21-14(16-8-10-4-3-7-22-10)13-11-5-1-2-6-12(11)23-15(13)20-9-17-18-19-20/h9-10H,1-8H2,(H,16,21). The van der Waals surface area contributed by atoms with E-state index in [1.54, 1.807) is 22.3 Å². The highest BCUT2D eigenvalue weighted by Crippen LogP contribution is 2.36. The summed E-state index contributed by atoms with van der Waals surface area (Å²) in [6, 6.07) is 0. The average molecular weight is 333 g/mol. The Bertz CT molecular complexity index is 691. The van der Waals surface area contributed by atoms with Crippen molar-refractivity contribution in [1.82, 2.24) is 25.5 Å². The van der Waals surface area contributed by atoms with E-state index in [1.807, 2.05) is 0 Å². The van der Waals surface area contributed by atoms with E-state index in [1.165, 1.54) is 16.9 Å². The Labute approximate surface area is 138 Å². The highest BCUT2D eigenvalue weighted by atomic mass is 32.1. The third kappa shape index (κ3) is 2.88. The zero-order valence-electron chi connectivity index (χ0n) is 12.8. The fourth-order valence-corrected chi connectivity index (χ4v) is 4.60. The molecule has 0 radical (unpaired) electrons. The highest BCUT2D eigenvalue weighted by molar-refractivity contribution is 7.15. The van der Waals surface area contributed by atoms with Crippen LogP contribution in [-0.4, -0.2) is 45.4 Å². The lowest BCUT2D eigenvalue weighted by atomic mass is 9.95. The van der Waals surface area contributed by atoms with Gasteiger partial charge in [0.1, 0.15) is 11.3 Å². The van der Waals surface area contributed by atoms with Gasteiger partial charge in [-0.05, 0) is 54.5 Å². The molecule has 1 aliphatic heterocycles. The normalized spacial score (nSPS) is 20.4. The Balaban J connectivity index is 1.62. The topological polar surface area (TPSA) is 81.9 Å². The molecule has 0 aromatic carbocycles. The van der Waals surface area contributed by atoms with E-state index in [0.717, 1.165) is 49.3 Å². The van der Waals surface area contributed by atoms with Crippen molar-refractivity contribution in [1.29, 1.82) is 0 Å². The summed E-state index contributed by atoms with van der Waals surface area (Å²) in [5, 5.41) is 15.2. The molecule has 1 aliphatic carbocycles. The molecule has 1 amide bonds. The van der Waals surface area contributed by atoms with Gasteiger partial charge in [-0.15, -0.1) is 16.4 Å². The molecule has 8 heteroatoms. The van der Waals surface area contributed by atoms with Crippen LogP contribution in [0.1, 0.15) is 46.5 Å². The van der Waals surface area contributed by atoms with Crippen LogP contribution in [0.3, 0.4) is 0 Å². The van der Waals surface area contributed by atoms with Gasteiger partial charge < -0.3 is 10.1 Å². The molecule has 1 N–H and O–H groups in total. The largest absolute Gasteiger partial charge is 0.376 e. The van der Waals surface area contributed by atoms with E-state index in [2.05, 4.69) is 20.8 Å². The Morgan fingerprint density at radius 1 is 1.39 bits per heavy atom. The zero-order chi connectivity index (χ0) is 15.6. The van der Waals surface area contributed by atoms with Crippen molar-refractivity contribution in [2.75, 3.05) is 13.2 Å². The number of rotatable bonds is 4. The van der Waals surface area contributed by atoms with Crippen molar-refractivity contribution in [2.45, 2.75) is 44.6 Å². The van der Waals surface area contributed by atoms with E-state index in [-0.39, 0.29) is 12.0 Å². The SMILES string of the molecule is O=C(NCC1CCCO1)c1c(-n2cnnn2)sc2c1CCCC2. The number of carbonyl (C=O) groups is 1. The molecular formula is C15H19N5O2S. The van der Waals surface area contributed by atoms with Gasteiger partial charge in [-0.1, -0.05) is 0 Å². The zero-order valence-corrected chi connectivity index (χ0v) is 13.6. The van der Waals surface area contributed by atoms with Gasteiger partial charge in [-0.2, -0.15) is 4.68 Å². The number of nitrogens with one attached hydrogen (secondary N) is 1. The van der Waals surface area contributed by atoms with Crippen LogP contribution in [0.5, 0.6) is 0 Å². The lowest BCUT2D eigenvalue weighted by molar-refractivity contribution is 0.0857. The predicted molar refractivity (Wildman–Crippen MR) is 85.0 cm³/mol. The number of ether oxygens (including phenoxy) is 1. The van der Waals surface area contributed by atoms with Gasteiger partial charge in [0.2, 0.25) is 0 Å². The molecule has 0 saturated carbocycles. The lowest BCUT2D eigenvalue weighted by Crippen LogP contribution is -2.32. The molecule has 1 fully saturated rings. The van der Waals surface area contributed by atoms with Crippen molar-refractivity contribution in [2.24, 2.45) is 0 Å². The molecule has 3 heterocycles. The van der Waals surface area contributed by atoms with Gasteiger partial charge in [0.15, 0.2) is 0 Å². The third-order valence-electron chi connectivity index (χ3n) is 4.45. The maximum absolute atomic E-state index is 12.8. The summed E-state index contributed by atoms with van der Waals surface area (Å²) >= 11 is 1.63. The van der Waals surface area contributed by atoms with Gasteiger partial charge in [-0.3, -0.25) is 4.79 Å². The number of tetrazole rings is 1. The first-order chi connectivity index (χ1) is 11.3. The molecule has 4 rings (SSSR count). The molecular weight excluding hydrogens is 314 g/mol. The number of fused-ring (bicyclic) bond motifs is 1. The summed E-state index contributed by atoms with van der Waals surface area (Å²) in [4.78, 5) is 14.1. The molecule has 2 aromatic heterocycles. The molecule has 23 heavy (non-hydrogen) atoms. The summed E-state index contributed by atoms with van der Waals surface area (Å²) in [5.74, 6) is -0.0367. The molecule has 2 aliphatic rings. The third-order valence-corrected chi connectivity index (χ3v) is 5.73. The van der Waals surface area contributed by atoms with Gasteiger partial charge in [0.05, 0.1) is 11.7 Å². The quantitative estimate of drug-likeness (QED) is 0.917. The van der Waals surface area contributed by atoms with Gasteiger partial charge in [0.25, 0.3) is 5.91 Å². The Morgan fingerprint density at radius 3 is 3.09 bits per heavy atom. The van der Waals surface area contributed by atoms with Crippen LogP contribution in [0.4, 0.5) is 0 Å². The van der Waals surface area contributed by atoms with E-state index in [4.69, 9.17) is 4.74 Å². The van der Waals surface area contributed by atoms with Gasteiger partial charge in [-0.25, -0.2) is 0 Å². The number of amides is 1. The summed E-state index contributed by atoms with van der Waals surface area (Å²) < 4.78 is 7.19. The van der Waals surface area contributed by atoms with Crippen LogP contribution >= 0.6 is 11.3 Å². The molecule has 1 saturated heterocycles. The van der Waals surface area contributed by atoms with E-state index >= 15 is 0 Å². The maximum atomic E-state index is 12.8. The lowest BCUT2D eigenvalue weighted by Gasteiger charge is -2.14. The van der Waals surface area contributed by atoms with Crippen molar-refractivity contribution < 1.29 is 9.53 Å². The smallest absolute Gasteiger partial charge is 0.254 e. The van der Waals surface area contributed by atoms with Crippen LogP contribution in [-0.2, 0) is 17.6 Å². The molecule has 1 atom stereocenters. The summed E-state index contributed by atoms with van der Waals surface area (Å²) in [6.45, 7) is 1.36. The summed E-state index contributed by atoms with van der Waals surface area (Å²) in [7, 11) is 0. The van der Waals surface area contributed by atoms with Crippen LogP contribution in [0.15, 0.2) is 6.33 Å². The maximum Gasteiger partial charge on any atom is 0.254 e. The number of aromatic nitrogens is 4. The minimum atomic E-state index is -0.0367. The van der Waals surface area contributed by atoms with Crippen LogP contribution in [0.2, 0.25) is 0 Å². The highest BCUT2D eigenvalue weighted by Gasteiger charge is 2.27. The monoisotopic (exact) mass is 333 g/mol. The molecule has 2 aromatic rings. The molecule has 122 valence electrons. The molecule has 7 nitrogen and oxygen atoms in total. The van der Waals surface area contributed by atoms with E-state index < -0.39 is 0 Å². The number of hydrogen-bond donors (Lipinski definition) is 1. The van der Waals surface area contributed by atoms with Crippen molar-refractivity contribution in [3.05, 3.63) is 22.3 Å². The fourth-order valence-electron chi connectivity index (χ4n) is 3.30. The molecule has 0 bridgehead atoms.